The summed E-state index contributed by atoms with van der Waals surface area (Å²) in [5, 5.41) is 35.6. The smallest absolute Gasteiger partial charge is 0.0383 e. The third-order valence-corrected chi connectivity index (χ3v) is 1.50. The lowest BCUT2D eigenvalue weighted by molar-refractivity contribution is -0.303. The second-order valence-corrected chi connectivity index (χ2v) is 3.70. The highest BCUT2D eigenvalue weighted by atomic mass is 31.0. The summed E-state index contributed by atoms with van der Waals surface area (Å²) in [4.78, 5) is 35.6. The van der Waals surface area contributed by atoms with Gasteiger partial charge in [0, 0.05) is 23.9 Å². The molecule has 0 radical (unpaired) electrons. The Kier molecular flexibility index (Phi) is 47.8. The Labute approximate surface area is 123 Å². The van der Waals surface area contributed by atoms with Crippen LogP contribution in [-0.2, 0) is 19.2 Å². The van der Waals surface area contributed by atoms with Crippen molar-refractivity contribution in [3.8, 4) is 0 Å². The van der Waals surface area contributed by atoms with Gasteiger partial charge in [-0.15, -0.1) is 18.5 Å². The van der Waals surface area contributed by atoms with Crippen molar-refractivity contribution in [2.45, 2.75) is 27.7 Å². The Bertz CT molecular complexity index is 190. The van der Waals surface area contributed by atoms with Gasteiger partial charge in [0.1, 0.15) is 0 Å². The molecule has 8 nitrogen and oxygen atoms in total. The van der Waals surface area contributed by atoms with Gasteiger partial charge in [0.15, 0.2) is 0 Å². The van der Waals surface area contributed by atoms with Crippen LogP contribution < -0.4 is 20.4 Å². The summed E-state index contributed by atoms with van der Waals surface area (Å²) < 4.78 is 0. The molecule has 0 heterocycles. The molecule has 0 N–H and O–H groups in total. The van der Waals surface area contributed by atoms with Crippen molar-refractivity contribution in [1.29, 1.82) is 0 Å². The number of hydrogen-bond donors (Lipinski definition) is 0. The minimum absolute atomic E-state index is 0.972. The lowest BCUT2D eigenvalue weighted by atomic mass is 10.9. The van der Waals surface area contributed by atoms with E-state index >= 15 is 0 Å². The molecule has 2 unspecified atom stereocenters. The fraction of sp³-hybridized carbons (Fsp3) is 0.600. The minimum Gasteiger partial charge on any atom is -0.550 e. The van der Waals surface area contributed by atoms with Crippen LogP contribution in [0.15, 0.2) is 0 Å². The van der Waals surface area contributed by atoms with Crippen molar-refractivity contribution in [3.05, 3.63) is 0 Å². The number of carbonyl (C=O) groups excluding carboxylic acids is 4. The first-order valence-corrected chi connectivity index (χ1v) is 6.58. The molecule has 0 saturated carbocycles. The summed E-state index contributed by atoms with van der Waals surface area (Å²) >= 11 is 0. The van der Waals surface area contributed by atoms with Gasteiger partial charge in [-0.1, -0.05) is 0 Å². The molecule has 0 aliphatic carbocycles. The van der Waals surface area contributed by atoms with Crippen molar-refractivity contribution in [2.24, 2.45) is 0 Å². The first-order valence-electron chi connectivity index (χ1n) is 4.95. The van der Waals surface area contributed by atoms with Crippen LogP contribution in [-0.4, -0.2) is 36.2 Å². The van der Waals surface area contributed by atoms with Crippen LogP contribution in [0.2, 0.25) is 0 Å². The Hall–Kier alpha value is -1.26. The minimum atomic E-state index is -1.08. The molecule has 20 heavy (non-hydrogen) atoms. The largest absolute Gasteiger partial charge is 0.550 e. The Morgan fingerprint density at radius 1 is 0.600 bits per heavy atom. The van der Waals surface area contributed by atoms with Gasteiger partial charge in [-0.05, 0) is 40.0 Å². The van der Waals surface area contributed by atoms with E-state index in [1.807, 2.05) is 0 Å². The average molecular weight is 330 g/mol. The maximum absolute atomic E-state index is 8.89. The number of aliphatic carboxylic acids is 4. The number of hydrogen-bond acceptors (Lipinski definition) is 8. The van der Waals surface area contributed by atoms with E-state index in [0.29, 0.717) is 0 Å². The van der Waals surface area contributed by atoms with Gasteiger partial charge in [-0.3, -0.25) is 0 Å². The predicted octanol–water partition coefficient (Wildman–Crippen LogP) is -4.24. The van der Waals surface area contributed by atoms with Crippen molar-refractivity contribution in [2.75, 3.05) is 12.3 Å². The quantitative estimate of drug-likeness (QED) is 0.437. The van der Waals surface area contributed by atoms with Gasteiger partial charge in [0.25, 0.3) is 0 Å². The molecule has 0 aliphatic rings. The lowest BCUT2D eigenvalue weighted by Crippen LogP contribution is -2.16. The predicted molar refractivity (Wildman–Crippen MR) is 71.9 cm³/mol. The van der Waals surface area contributed by atoms with Crippen LogP contribution in [0, 0.1) is 0 Å². The molecule has 122 valence electrons. The first kappa shape index (κ1) is 31.2. The molecular formula is C10H20O8P2-4. The standard InChI is InChI=1S/4C2H4O2.C2H8P2/c4*1-2(3)4;3-1-2-4/h4*1H3,(H,3,4);1-4H2/p-4. The molecule has 0 aromatic heterocycles. The van der Waals surface area contributed by atoms with Gasteiger partial charge in [0.2, 0.25) is 0 Å². The van der Waals surface area contributed by atoms with Crippen molar-refractivity contribution in [3.63, 3.8) is 0 Å². The normalized spacial score (nSPS) is 6.50. The Morgan fingerprint density at radius 2 is 0.650 bits per heavy atom. The van der Waals surface area contributed by atoms with Gasteiger partial charge in [-0.25, -0.2) is 0 Å². The van der Waals surface area contributed by atoms with Crippen LogP contribution in [0.5, 0.6) is 0 Å². The molecule has 0 saturated heterocycles. The number of carbonyl (C=O) groups is 4. The van der Waals surface area contributed by atoms with E-state index in [-0.39, 0.29) is 0 Å². The third-order valence-electron chi connectivity index (χ3n) is 0.167. The number of carboxylic acid groups (broad SMARTS) is 4. The maximum Gasteiger partial charge on any atom is 0.0383 e. The summed E-state index contributed by atoms with van der Waals surface area (Å²) in [5.41, 5.74) is 0. The molecule has 0 aromatic carbocycles. The molecule has 0 rings (SSSR count). The summed E-state index contributed by atoms with van der Waals surface area (Å²) in [6.07, 6.45) is 2.40. The highest BCUT2D eigenvalue weighted by Crippen LogP contribution is 1.83. The van der Waals surface area contributed by atoms with Crippen molar-refractivity contribution < 1.29 is 39.6 Å². The topological polar surface area (TPSA) is 161 Å². The first-order chi connectivity index (χ1) is 8.84. The van der Waals surface area contributed by atoms with Crippen molar-refractivity contribution in [1.82, 2.24) is 0 Å². The highest BCUT2D eigenvalue weighted by molar-refractivity contribution is 7.21. The average Bonchev–Trinajstić information content (AvgIpc) is 2.13. The van der Waals surface area contributed by atoms with E-state index in [1.165, 1.54) is 12.3 Å². The van der Waals surface area contributed by atoms with E-state index in [1.54, 1.807) is 0 Å². The van der Waals surface area contributed by atoms with Crippen LogP contribution in [0.1, 0.15) is 27.7 Å². The van der Waals surface area contributed by atoms with Gasteiger partial charge in [-0.2, -0.15) is 0 Å². The second-order valence-electron chi connectivity index (χ2n) is 2.54. The Balaban J connectivity index is -0.0000000469. The fourth-order valence-corrected chi connectivity index (χ4v) is 0. The van der Waals surface area contributed by atoms with E-state index in [4.69, 9.17) is 39.6 Å². The number of rotatable bonds is 1. The number of carboxylic acids is 4. The molecule has 0 amide bonds. The summed E-state index contributed by atoms with van der Waals surface area (Å²) in [7, 11) is 5.27. The molecular weight excluding hydrogens is 310 g/mol. The third kappa shape index (κ3) is 61400. The van der Waals surface area contributed by atoms with Crippen LogP contribution in [0.25, 0.3) is 0 Å². The molecule has 0 aliphatic heterocycles. The maximum atomic E-state index is 8.89. The second kappa shape index (κ2) is 30.6. The summed E-state index contributed by atoms with van der Waals surface area (Å²) in [6, 6.07) is 0. The van der Waals surface area contributed by atoms with Gasteiger partial charge in [0.05, 0.1) is 0 Å². The zero-order valence-electron chi connectivity index (χ0n) is 11.8. The highest BCUT2D eigenvalue weighted by Gasteiger charge is 1.56. The molecule has 2 atom stereocenters. The Morgan fingerprint density at radius 3 is 0.650 bits per heavy atom. The van der Waals surface area contributed by atoms with E-state index in [0.717, 1.165) is 27.7 Å². The SMILES string of the molecule is CC(=O)[O-].CC(=O)[O-].CC(=O)[O-].CC(=O)[O-].PCCP. The molecule has 0 fully saturated rings. The molecule has 0 bridgehead atoms. The molecule has 0 aromatic rings. The molecule has 0 spiro atoms. The summed E-state index contributed by atoms with van der Waals surface area (Å²) in [5.74, 6) is -4.33. The van der Waals surface area contributed by atoms with E-state index in [2.05, 4.69) is 18.5 Å². The zero-order valence-corrected chi connectivity index (χ0v) is 14.1. The molecule has 10 heteroatoms. The zero-order chi connectivity index (χ0) is 17.7. The van der Waals surface area contributed by atoms with Gasteiger partial charge >= 0.3 is 0 Å². The summed E-state index contributed by atoms with van der Waals surface area (Å²) in [6.45, 7) is 3.89. The van der Waals surface area contributed by atoms with E-state index < -0.39 is 23.9 Å². The monoisotopic (exact) mass is 330 g/mol. The van der Waals surface area contributed by atoms with Crippen molar-refractivity contribution >= 4 is 42.4 Å². The lowest BCUT2D eigenvalue weighted by Gasteiger charge is -1.77. The fourth-order valence-electron chi connectivity index (χ4n) is 0. The van der Waals surface area contributed by atoms with E-state index in [9.17, 15) is 0 Å². The van der Waals surface area contributed by atoms with Crippen LogP contribution >= 0.6 is 18.5 Å². The van der Waals surface area contributed by atoms with Crippen LogP contribution in [0.3, 0.4) is 0 Å². The van der Waals surface area contributed by atoms with Crippen LogP contribution in [0.4, 0.5) is 0 Å². The van der Waals surface area contributed by atoms with Gasteiger partial charge < -0.3 is 39.6 Å².